The van der Waals surface area contributed by atoms with E-state index in [0.717, 1.165) is 25.2 Å². The van der Waals surface area contributed by atoms with E-state index in [9.17, 15) is 4.79 Å². The normalized spacial score (nSPS) is 18.7. The summed E-state index contributed by atoms with van der Waals surface area (Å²) in [6.45, 7) is 9.52. The molecule has 2 heterocycles. The van der Waals surface area contributed by atoms with Gasteiger partial charge in [0.2, 0.25) is 5.96 Å². The van der Waals surface area contributed by atoms with Gasteiger partial charge < -0.3 is 10.2 Å². The third kappa shape index (κ3) is 3.04. The topological polar surface area (TPSA) is 60.3 Å². The van der Waals surface area contributed by atoms with E-state index in [0.29, 0.717) is 23.8 Å². The highest BCUT2D eigenvalue weighted by Gasteiger charge is 2.31. The maximum absolute atomic E-state index is 12.6. The highest BCUT2D eigenvalue weighted by atomic mass is 16.2. The SMILES string of the molecule is CCN(CC)c1ccc(C=C2C(=O)N(C3=NCCN3)N=C2C)cc1. The number of nitrogens with one attached hydrogen (secondary N) is 1. The van der Waals surface area contributed by atoms with Gasteiger partial charge in [-0.1, -0.05) is 12.1 Å². The summed E-state index contributed by atoms with van der Waals surface area (Å²) in [5, 5.41) is 8.77. The molecule has 0 unspecified atom stereocenters. The Labute approximate surface area is 142 Å². The molecule has 6 nitrogen and oxygen atoms in total. The van der Waals surface area contributed by atoms with Crippen molar-refractivity contribution in [1.29, 1.82) is 0 Å². The first-order valence-corrected chi connectivity index (χ1v) is 8.39. The highest BCUT2D eigenvalue weighted by Crippen LogP contribution is 2.21. The van der Waals surface area contributed by atoms with Crippen molar-refractivity contribution in [2.45, 2.75) is 20.8 Å². The van der Waals surface area contributed by atoms with Gasteiger partial charge in [0.1, 0.15) is 0 Å². The smallest absolute Gasteiger partial charge is 0.283 e. The number of benzene rings is 1. The third-order valence-corrected chi connectivity index (χ3v) is 4.25. The van der Waals surface area contributed by atoms with Gasteiger partial charge in [0.25, 0.3) is 5.91 Å². The number of aliphatic imine (C=N–C) groups is 1. The molecular formula is C18H23N5O. The second-order valence-electron chi connectivity index (χ2n) is 5.76. The molecule has 6 heteroatoms. The number of hydrogen-bond donors (Lipinski definition) is 1. The maximum Gasteiger partial charge on any atom is 0.283 e. The molecule has 1 amide bonds. The highest BCUT2D eigenvalue weighted by molar-refractivity contribution is 6.29. The zero-order valence-electron chi connectivity index (χ0n) is 14.4. The second-order valence-corrected chi connectivity index (χ2v) is 5.76. The zero-order chi connectivity index (χ0) is 17.1. The van der Waals surface area contributed by atoms with E-state index in [2.05, 4.69) is 46.3 Å². The lowest BCUT2D eigenvalue weighted by molar-refractivity contribution is -0.122. The van der Waals surface area contributed by atoms with Crippen LogP contribution in [0.3, 0.4) is 0 Å². The minimum atomic E-state index is -0.131. The van der Waals surface area contributed by atoms with Crippen LogP contribution in [0.4, 0.5) is 5.69 Å². The number of nitrogens with zero attached hydrogens (tertiary/aromatic N) is 4. The molecule has 1 aromatic carbocycles. The number of amides is 1. The third-order valence-electron chi connectivity index (χ3n) is 4.25. The summed E-state index contributed by atoms with van der Waals surface area (Å²) in [4.78, 5) is 19.1. The van der Waals surface area contributed by atoms with Gasteiger partial charge in [-0.3, -0.25) is 4.79 Å². The van der Waals surface area contributed by atoms with Gasteiger partial charge >= 0.3 is 0 Å². The van der Waals surface area contributed by atoms with Crippen molar-refractivity contribution in [1.82, 2.24) is 10.3 Å². The molecule has 2 aliphatic heterocycles. The lowest BCUT2D eigenvalue weighted by Gasteiger charge is -2.20. The molecule has 1 N–H and O–H groups in total. The van der Waals surface area contributed by atoms with E-state index in [1.54, 1.807) is 0 Å². The number of hydrazone groups is 1. The summed E-state index contributed by atoms with van der Waals surface area (Å²) >= 11 is 0. The van der Waals surface area contributed by atoms with Crippen molar-refractivity contribution in [3.8, 4) is 0 Å². The summed E-state index contributed by atoms with van der Waals surface area (Å²) in [7, 11) is 0. The van der Waals surface area contributed by atoms with Crippen LogP contribution in [0.2, 0.25) is 0 Å². The molecule has 0 aliphatic carbocycles. The van der Waals surface area contributed by atoms with E-state index >= 15 is 0 Å². The van der Waals surface area contributed by atoms with Gasteiger partial charge in [0.05, 0.1) is 17.8 Å². The Bertz CT molecular complexity index is 713. The first kappa shape index (κ1) is 16.2. The van der Waals surface area contributed by atoms with E-state index in [4.69, 9.17) is 0 Å². The van der Waals surface area contributed by atoms with Gasteiger partial charge in [0, 0.05) is 25.3 Å². The molecule has 2 aliphatic rings. The Kier molecular flexibility index (Phi) is 4.64. The van der Waals surface area contributed by atoms with Crippen LogP contribution in [0, 0.1) is 0 Å². The number of carbonyl (C=O) groups excluding carboxylic acids is 1. The van der Waals surface area contributed by atoms with Gasteiger partial charge in [0.15, 0.2) is 0 Å². The molecule has 0 saturated heterocycles. The monoisotopic (exact) mass is 325 g/mol. The molecule has 24 heavy (non-hydrogen) atoms. The first-order chi connectivity index (χ1) is 11.6. The summed E-state index contributed by atoms with van der Waals surface area (Å²) in [6, 6.07) is 8.25. The largest absolute Gasteiger partial charge is 0.372 e. The fourth-order valence-corrected chi connectivity index (χ4v) is 2.89. The Balaban J connectivity index is 1.81. The number of rotatable bonds is 4. The average molecular weight is 325 g/mol. The Hall–Kier alpha value is -2.63. The summed E-state index contributed by atoms with van der Waals surface area (Å²) in [6.07, 6.45) is 1.89. The zero-order valence-corrected chi connectivity index (χ0v) is 14.4. The first-order valence-electron chi connectivity index (χ1n) is 8.39. The van der Waals surface area contributed by atoms with Crippen LogP contribution in [0.1, 0.15) is 26.3 Å². The van der Waals surface area contributed by atoms with Crippen molar-refractivity contribution in [3.63, 3.8) is 0 Å². The lowest BCUT2D eigenvalue weighted by atomic mass is 10.1. The average Bonchev–Trinajstić information content (AvgIpc) is 3.21. The molecule has 0 spiro atoms. The van der Waals surface area contributed by atoms with Gasteiger partial charge in [-0.05, 0) is 44.5 Å². The minimum Gasteiger partial charge on any atom is -0.372 e. The number of carbonyl (C=O) groups is 1. The summed E-state index contributed by atoms with van der Waals surface area (Å²) in [5.41, 5.74) is 3.51. The van der Waals surface area contributed by atoms with Crippen molar-refractivity contribution in [2.24, 2.45) is 10.1 Å². The predicted molar refractivity (Wildman–Crippen MR) is 98.2 cm³/mol. The molecule has 0 atom stereocenters. The van der Waals surface area contributed by atoms with E-state index in [-0.39, 0.29) is 5.91 Å². The molecule has 0 bridgehead atoms. The number of hydrogen-bond acceptors (Lipinski definition) is 5. The fourth-order valence-electron chi connectivity index (χ4n) is 2.89. The Morgan fingerprint density at radius 2 is 1.96 bits per heavy atom. The lowest BCUT2D eigenvalue weighted by Crippen LogP contribution is -2.37. The van der Waals surface area contributed by atoms with Crippen molar-refractivity contribution in [3.05, 3.63) is 35.4 Å². The fraction of sp³-hybridized carbons (Fsp3) is 0.389. The quantitative estimate of drug-likeness (QED) is 0.863. The van der Waals surface area contributed by atoms with Crippen LogP contribution in [-0.2, 0) is 4.79 Å². The minimum absolute atomic E-state index is 0.131. The van der Waals surface area contributed by atoms with Crippen LogP contribution >= 0.6 is 0 Å². The van der Waals surface area contributed by atoms with Gasteiger partial charge in [-0.2, -0.15) is 10.1 Å². The standard InChI is InChI=1S/C18H23N5O/c1-4-22(5-2)15-8-6-14(7-9-15)12-16-13(3)21-23(17(16)24)18-19-10-11-20-18/h6-9,12H,4-5,10-11H2,1-3H3,(H,19,20). The van der Waals surface area contributed by atoms with Crippen LogP contribution in [0.25, 0.3) is 6.08 Å². The van der Waals surface area contributed by atoms with Crippen LogP contribution in [-0.4, -0.2) is 48.8 Å². The number of anilines is 1. The van der Waals surface area contributed by atoms with Crippen molar-refractivity contribution >= 4 is 29.3 Å². The Morgan fingerprint density at radius 3 is 2.54 bits per heavy atom. The van der Waals surface area contributed by atoms with Crippen LogP contribution < -0.4 is 10.2 Å². The van der Waals surface area contributed by atoms with E-state index in [1.165, 1.54) is 10.7 Å². The van der Waals surface area contributed by atoms with Gasteiger partial charge in [-0.25, -0.2) is 4.99 Å². The van der Waals surface area contributed by atoms with Crippen molar-refractivity contribution < 1.29 is 4.79 Å². The summed E-state index contributed by atoms with van der Waals surface area (Å²) in [5.74, 6) is 0.410. The summed E-state index contributed by atoms with van der Waals surface area (Å²) < 4.78 is 0. The molecule has 0 radical (unpaired) electrons. The molecule has 126 valence electrons. The molecular weight excluding hydrogens is 302 g/mol. The van der Waals surface area contributed by atoms with E-state index in [1.807, 2.05) is 25.1 Å². The molecule has 0 saturated carbocycles. The van der Waals surface area contributed by atoms with Crippen LogP contribution in [0.15, 0.2) is 39.9 Å². The van der Waals surface area contributed by atoms with Crippen LogP contribution in [0.5, 0.6) is 0 Å². The second kappa shape index (κ2) is 6.86. The molecule has 1 aromatic rings. The van der Waals surface area contributed by atoms with Crippen molar-refractivity contribution in [2.75, 3.05) is 31.1 Å². The molecule has 3 rings (SSSR count). The maximum atomic E-state index is 12.6. The predicted octanol–water partition coefficient (Wildman–Crippen LogP) is 2.09. The van der Waals surface area contributed by atoms with E-state index < -0.39 is 0 Å². The molecule has 0 aromatic heterocycles. The number of guanidine groups is 1. The molecule has 0 fully saturated rings. The van der Waals surface area contributed by atoms with Gasteiger partial charge in [-0.15, -0.1) is 0 Å². The Morgan fingerprint density at radius 1 is 1.25 bits per heavy atom.